The monoisotopic (exact) mass is 297 g/mol. The van der Waals surface area contributed by atoms with Gasteiger partial charge in [0, 0.05) is 26.1 Å². The van der Waals surface area contributed by atoms with E-state index >= 15 is 0 Å². The van der Waals surface area contributed by atoms with Crippen LogP contribution in [0.2, 0.25) is 0 Å². The van der Waals surface area contributed by atoms with Crippen molar-refractivity contribution in [3.8, 4) is 0 Å². The minimum Gasteiger partial charge on any atom is -0.358 e. The summed E-state index contributed by atoms with van der Waals surface area (Å²) in [6.45, 7) is 6.81. The molecule has 120 valence electrons. The van der Waals surface area contributed by atoms with E-state index in [1.807, 2.05) is 20.8 Å². The number of allylic oxidation sites excluding steroid dienone is 1. The van der Waals surface area contributed by atoms with E-state index in [0.29, 0.717) is 13.1 Å². The van der Waals surface area contributed by atoms with E-state index in [4.69, 9.17) is 0 Å². The molecule has 0 spiro atoms. The lowest BCUT2D eigenvalue weighted by Crippen LogP contribution is -2.43. The highest BCUT2D eigenvalue weighted by Gasteiger charge is 2.16. The van der Waals surface area contributed by atoms with Gasteiger partial charge in [-0.2, -0.15) is 0 Å². The number of nitrogens with zero attached hydrogens (tertiary/aromatic N) is 2. The van der Waals surface area contributed by atoms with Crippen LogP contribution in [0.3, 0.4) is 0 Å². The van der Waals surface area contributed by atoms with Gasteiger partial charge in [0.05, 0.1) is 13.1 Å². The van der Waals surface area contributed by atoms with E-state index in [0.717, 1.165) is 0 Å². The summed E-state index contributed by atoms with van der Waals surface area (Å²) in [5, 5.41) is 2.50. The van der Waals surface area contributed by atoms with Crippen molar-refractivity contribution in [2.75, 3.05) is 40.3 Å². The molecule has 0 aliphatic rings. The van der Waals surface area contributed by atoms with Gasteiger partial charge in [-0.25, -0.2) is 0 Å². The molecule has 1 N–H and O–H groups in total. The average Bonchev–Trinajstić information content (AvgIpc) is 2.43. The summed E-state index contributed by atoms with van der Waals surface area (Å²) >= 11 is 0. The van der Waals surface area contributed by atoms with Crippen molar-refractivity contribution in [2.24, 2.45) is 5.92 Å². The first kappa shape index (κ1) is 19.3. The number of ketones is 1. The number of hydrogen-bond donors (Lipinski definition) is 1. The number of carbonyl (C=O) groups is 3. The first-order valence-corrected chi connectivity index (χ1v) is 7.19. The van der Waals surface area contributed by atoms with Gasteiger partial charge >= 0.3 is 0 Å². The summed E-state index contributed by atoms with van der Waals surface area (Å²) in [6.07, 6.45) is 3.30. The van der Waals surface area contributed by atoms with E-state index in [-0.39, 0.29) is 36.6 Å². The normalized spacial score (nSPS) is 11.2. The molecule has 6 heteroatoms. The lowest BCUT2D eigenvalue weighted by atomic mass is 10.1. The Morgan fingerprint density at radius 2 is 1.81 bits per heavy atom. The Kier molecular flexibility index (Phi) is 9.28. The fourth-order valence-electron chi connectivity index (χ4n) is 1.57. The zero-order valence-electron chi connectivity index (χ0n) is 13.7. The lowest BCUT2D eigenvalue weighted by molar-refractivity contribution is -0.136. The number of amides is 2. The van der Waals surface area contributed by atoms with Crippen LogP contribution in [-0.2, 0) is 14.4 Å². The molecule has 21 heavy (non-hydrogen) atoms. The zero-order valence-corrected chi connectivity index (χ0v) is 13.7. The van der Waals surface area contributed by atoms with Crippen LogP contribution in [0.1, 0.15) is 20.8 Å². The zero-order chi connectivity index (χ0) is 16.4. The van der Waals surface area contributed by atoms with Gasteiger partial charge in [0.25, 0.3) is 0 Å². The highest BCUT2D eigenvalue weighted by molar-refractivity contribution is 5.91. The Hall–Kier alpha value is -1.69. The minimum absolute atomic E-state index is 0.0173. The molecule has 0 atom stereocenters. The average molecular weight is 297 g/mol. The molecular formula is C15H27N3O3. The van der Waals surface area contributed by atoms with Gasteiger partial charge < -0.3 is 10.2 Å². The predicted molar refractivity (Wildman–Crippen MR) is 82.8 cm³/mol. The van der Waals surface area contributed by atoms with Crippen molar-refractivity contribution < 1.29 is 14.4 Å². The molecule has 0 rings (SSSR count). The second-order valence-electron chi connectivity index (χ2n) is 5.24. The van der Waals surface area contributed by atoms with Crippen molar-refractivity contribution >= 4 is 17.6 Å². The van der Waals surface area contributed by atoms with E-state index in [9.17, 15) is 14.4 Å². The third-order valence-corrected chi connectivity index (χ3v) is 3.02. The maximum Gasteiger partial charge on any atom is 0.239 e. The van der Waals surface area contributed by atoms with Crippen molar-refractivity contribution in [1.82, 2.24) is 15.1 Å². The van der Waals surface area contributed by atoms with Crippen molar-refractivity contribution in [1.29, 1.82) is 0 Å². The maximum atomic E-state index is 12.1. The van der Waals surface area contributed by atoms with Gasteiger partial charge in [-0.1, -0.05) is 19.9 Å². The van der Waals surface area contributed by atoms with Gasteiger partial charge in [0.1, 0.15) is 0 Å². The third-order valence-electron chi connectivity index (χ3n) is 3.02. The topological polar surface area (TPSA) is 69.7 Å². The quantitative estimate of drug-likeness (QED) is 0.621. The molecule has 6 nitrogen and oxygen atoms in total. The van der Waals surface area contributed by atoms with Crippen LogP contribution in [0.15, 0.2) is 12.2 Å². The van der Waals surface area contributed by atoms with Crippen molar-refractivity contribution in [3.63, 3.8) is 0 Å². The molecule has 0 saturated carbocycles. The van der Waals surface area contributed by atoms with Crippen LogP contribution in [-0.4, -0.2) is 67.7 Å². The Morgan fingerprint density at radius 1 is 1.19 bits per heavy atom. The van der Waals surface area contributed by atoms with Crippen LogP contribution in [0.25, 0.3) is 0 Å². The van der Waals surface area contributed by atoms with Gasteiger partial charge in [-0.05, 0) is 20.0 Å². The largest absolute Gasteiger partial charge is 0.358 e. The number of hydrogen-bond acceptors (Lipinski definition) is 4. The number of carbonyl (C=O) groups excluding carboxylic acids is 3. The molecule has 0 aromatic rings. The molecule has 0 radical (unpaired) electrons. The highest BCUT2D eigenvalue weighted by Crippen LogP contribution is 1.97. The van der Waals surface area contributed by atoms with Crippen LogP contribution < -0.4 is 5.32 Å². The lowest BCUT2D eigenvalue weighted by Gasteiger charge is -2.23. The van der Waals surface area contributed by atoms with Crippen LogP contribution >= 0.6 is 0 Å². The molecule has 0 aliphatic carbocycles. The fourth-order valence-corrected chi connectivity index (χ4v) is 1.57. The van der Waals surface area contributed by atoms with Gasteiger partial charge in [-0.3, -0.25) is 19.3 Å². The second-order valence-corrected chi connectivity index (χ2v) is 5.24. The number of likely N-dealkylation sites (N-methyl/N-ethyl adjacent to an activating group) is 3. The maximum absolute atomic E-state index is 12.1. The molecule has 0 unspecified atom stereocenters. The smallest absolute Gasteiger partial charge is 0.239 e. The van der Waals surface area contributed by atoms with Gasteiger partial charge in [0.2, 0.25) is 11.8 Å². The van der Waals surface area contributed by atoms with Crippen LogP contribution in [0, 0.1) is 5.92 Å². The van der Waals surface area contributed by atoms with Crippen LogP contribution in [0.4, 0.5) is 0 Å². The fraction of sp³-hybridized carbons (Fsp3) is 0.667. The molecule has 0 aromatic carbocycles. The first-order chi connectivity index (χ1) is 9.81. The Balaban J connectivity index is 4.29. The molecule has 0 aromatic heterocycles. The molecule has 0 bridgehead atoms. The van der Waals surface area contributed by atoms with Crippen LogP contribution in [0.5, 0.6) is 0 Å². The SMILES string of the molecule is CCN(CC(=O)NC)C(=O)CN(C)C/C=C/C(=O)C(C)C. The van der Waals surface area contributed by atoms with E-state index < -0.39 is 0 Å². The van der Waals surface area contributed by atoms with E-state index in [2.05, 4.69) is 5.32 Å². The summed E-state index contributed by atoms with van der Waals surface area (Å²) in [4.78, 5) is 38.1. The summed E-state index contributed by atoms with van der Waals surface area (Å²) in [5.41, 5.74) is 0. The third kappa shape index (κ3) is 8.24. The number of rotatable bonds is 9. The Morgan fingerprint density at radius 3 is 2.29 bits per heavy atom. The first-order valence-electron chi connectivity index (χ1n) is 7.19. The Bertz CT molecular complexity index is 392. The highest BCUT2D eigenvalue weighted by atomic mass is 16.2. The summed E-state index contributed by atoms with van der Waals surface area (Å²) < 4.78 is 0. The van der Waals surface area contributed by atoms with Gasteiger partial charge in [-0.15, -0.1) is 0 Å². The number of nitrogens with one attached hydrogen (secondary N) is 1. The van der Waals surface area contributed by atoms with Crippen molar-refractivity contribution in [3.05, 3.63) is 12.2 Å². The Labute approximate surface area is 127 Å². The molecule has 2 amide bonds. The second kappa shape index (κ2) is 10.1. The van der Waals surface area contributed by atoms with Gasteiger partial charge in [0.15, 0.2) is 5.78 Å². The molecule has 0 saturated heterocycles. The predicted octanol–water partition coefficient (Wildman–Crippen LogP) is 0.294. The molecule has 0 aliphatic heterocycles. The standard InChI is InChI=1S/C15H27N3O3/c1-6-18(10-14(20)16-4)15(21)11-17(5)9-7-8-13(19)12(2)3/h7-8,12H,6,9-11H2,1-5H3,(H,16,20)/b8-7+. The molecular weight excluding hydrogens is 270 g/mol. The van der Waals surface area contributed by atoms with E-state index in [1.54, 1.807) is 31.1 Å². The summed E-state index contributed by atoms with van der Waals surface area (Å²) in [6, 6.07) is 0. The molecule has 0 heterocycles. The van der Waals surface area contributed by atoms with E-state index in [1.165, 1.54) is 4.90 Å². The minimum atomic E-state index is -0.185. The molecule has 0 fully saturated rings. The van der Waals surface area contributed by atoms with Crippen molar-refractivity contribution in [2.45, 2.75) is 20.8 Å². The summed E-state index contributed by atoms with van der Waals surface area (Å²) in [5.74, 6) is -0.233. The summed E-state index contributed by atoms with van der Waals surface area (Å²) in [7, 11) is 3.35.